The number of amides is 2. The standard InChI is InChI=1S/C27H33F3N6O3/c1-19(34-39-14-8-20-5-9-35(10-6-20)12-13-37)21-7-11-36-24(17-31-25(36)16-21)22-3-2-4-23(15-22)33-26(38)32-18-27(28,29)30/h2-4,7,11,15-17,20,37H,5-6,8-10,12-14,18H2,1H3,(H2,32,33,38)/b34-19-. The Morgan fingerprint density at radius 1 is 1.23 bits per heavy atom. The van der Waals surface area contributed by atoms with Crippen LogP contribution in [0.3, 0.4) is 0 Å². The zero-order valence-electron chi connectivity index (χ0n) is 21.7. The molecule has 12 heteroatoms. The number of pyridine rings is 1. The van der Waals surface area contributed by atoms with Crippen molar-refractivity contribution >= 4 is 23.1 Å². The van der Waals surface area contributed by atoms with Crippen molar-refractivity contribution in [3.8, 4) is 11.3 Å². The number of aliphatic hydroxyl groups excluding tert-OH is 1. The lowest BCUT2D eigenvalue weighted by Crippen LogP contribution is -2.36. The molecular formula is C27H33F3N6O3. The fraction of sp³-hybridized carbons (Fsp3) is 0.444. The SMILES string of the molecule is C/C(=N/OCCC1CCN(CCO)CC1)c1ccn2c(-c3cccc(NC(=O)NCC(F)(F)F)c3)cnc2c1. The number of urea groups is 1. The minimum atomic E-state index is -4.48. The Labute approximate surface area is 224 Å². The van der Waals surface area contributed by atoms with E-state index in [0.717, 1.165) is 61.4 Å². The Kier molecular flexibility index (Phi) is 9.41. The second kappa shape index (κ2) is 12.9. The van der Waals surface area contributed by atoms with Gasteiger partial charge in [-0.1, -0.05) is 17.3 Å². The largest absolute Gasteiger partial charge is 0.405 e. The van der Waals surface area contributed by atoms with Crippen LogP contribution in [0.15, 0.2) is 53.9 Å². The third-order valence-electron chi connectivity index (χ3n) is 6.74. The molecule has 4 rings (SSSR count). The Morgan fingerprint density at radius 3 is 2.77 bits per heavy atom. The molecule has 0 radical (unpaired) electrons. The number of nitrogens with one attached hydrogen (secondary N) is 2. The van der Waals surface area contributed by atoms with Crippen molar-refractivity contribution < 1.29 is 27.9 Å². The van der Waals surface area contributed by atoms with Gasteiger partial charge in [-0.2, -0.15) is 13.2 Å². The molecule has 1 aromatic carbocycles. The summed E-state index contributed by atoms with van der Waals surface area (Å²) < 4.78 is 38.9. The van der Waals surface area contributed by atoms with Gasteiger partial charge in [-0.15, -0.1) is 0 Å². The number of alkyl halides is 3. The maximum Gasteiger partial charge on any atom is 0.405 e. The van der Waals surface area contributed by atoms with Crippen LogP contribution in [0, 0.1) is 5.92 Å². The van der Waals surface area contributed by atoms with Gasteiger partial charge in [-0.3, -0.25) is 4.40 Å². The maximum absolute atomic E-state index is 12.3. The minimum Gasteiger partial charge on any atom is -0.396 e. The molecule has 1 fully saturated rings. The fourth-order valence-electron chi connectivity index (χ4n) is 4.59. The summed E-state index contributed by atoms with van der Waals surface area (Å²) in [5.41, 5.74) is 4.14. The van der Waals surface area contributed by atoms with Gasteiger partial charge in [0.15, 0.2) is 0 Å². The highest BCUT2D eigenvalue weighted by Gasteiger charge is 2.27. The molecule has 210 valence electrons. The topological polar surface area (TPSA) is 103 Å². The number of likely N-dealkylation sites (tertiary alicyclic amines) is 1. The predicted octanol–water partition coefficient (Wildman–Crippen LogP) is 4.52. The minimum absolute atomic E-state index is 0.204. The fourth-order valence-corrected chi connectivity index (χ4v) is 4.59. The molecular weight excluding hydrogens is 513 g/mol. The molecule has 9 nitrogen and oxygen atoms in total. The average molecular weight is 547 g/mol. The highest BCUT2D eigenvalue weighted by atomic mass is 19.4. The number of β-amino-alcohol motifs (C(OH)–C–C–N with tert-alkyl or cyclic N) is 1. The summed E-state index contributed by atoms with van der Waals surface area (Å²) >= 11 is 0. The van der Waals surface area contributed by atoms with E-state index in [1.165, 1.54) is 0 Å². The number of fused-ring (bicyclic) bond motifs is 1. The summed E-state index contributed by atoms with van der Waals surface area (Å²) in [6.07, 6.45) is 2.23. The van der Waals surface area contributed by atoms with E-state index in [0.29, 0.717) is 23.9 Å². The van der Waals surface area contributed by atoms with Crippen LogP contribution in [0.25, 0.3) is 16.9 Å². The van der Waals surface area contributed by atoms with E-state index >= 15 is 0 Å². The number of carbonyl (C=O) groups is 1. The smallest absolute Gasteiger partial charge is 0.396 e. The highest BCUT2D eigenvalue weighted by molar-refractivity contribution is 5.99. The van der Waals surface area contributed by atoms with Crippen molar-refractivity contribution in [1.29, 1.82) is 0 Å². The number of hydrogen-bond acceptors (Lipinski definition) is 6. The summed E-state index contributed by atoms with van der Waals surface area (Å²) in [5, 5.41) is 17.6. The number of aromatic nitrogens is 2. The van der Waals surface area contributed by atoms with E-state index in [2.05, 4.69) is 20.4 Å². The lowest BCUT2D eigenvalue weighted by molar-refractivity contribution is -0.122. The first kappa shape index (κ1) is 28.4. The van der Waals surface area contributed by atoms with Gasteiger partial charge in [0, 0.05) is 29.6 Å². The maximum atomic E-state index is 12.3. The summed E-state index contributed by atoms with van der Waals surface area (Å²) in [6, 6.07) is 9.66. The van der Waals surface area contributed by atoms with E-state index in [9.17, 15) is 18.0 Å². The zero-order chi connectivity index (χ0) is 27.8. The number of rotatable bonds is 10. The lowest BCUT2D eigenvalue weighted by Gasteiger charge is -2.31. The van der Waals surface area contributed by atoms with Crippen LogP contribution in [0.4, 0.5) is 23.7 Å². The first-order valence-electron chi connectivity index (χ1n) is 12.9. The summed E-state index contributed by atoms with van der Waals surface area (Å²) in [4.78, 5) is 24.2. The predicted molar refractivity (Wildman–Crippen MR) is 143 cm³/mol. The van der Waals surface area contributed by atoms with Crippen molar-refractivity contribution in [2.45, 2.75) is 32.4 Å². The number of carbonyl (C=O) groups excluding carboxylic acids is 1. The number of imidazole rings is 1. The Bertz CT molecular complexity index is 1290. The Balaban J connectivity index is 1.34. The summed E-state index contributed by atoms with van der Waals surface area (Å²) in [5.74, 6) is 0.609. The number of nitrogens with zero attached hydrogens (tertiary/aromatic N) is 4. The first-order chi connectivity index (χ1) is 18.7. The molecule has 2 aromatic heterocycles. The molecule has 1 aliphatic heterocycles. The van der Waals surface area contributed by atoms with E-state index in [4.69, 9.17) is 9.94 Å². The van der Waals surface area contributed by atoms with Gasteiger partial charge in [0.1, 0.15) is 18.8 Å². The number of piperidine rings is 1. The monoisotopic (exact) mass is 546 g/mol. The molecule has 0 bridgehead atoms. The molecule has 3 N–H and O–H groups in total. The van der Waals surface area contributed by atoms with Crippen LogP contribution in [-0.2, 0) is 4.84 Å². The molecule has 3 aromatic rings. The number of hydrogen-bond donors (Lipinski definition) is 3. The van der Waals surface area contributed by atoms with Crippen LogP contribution >= 0.6 is 0 Å². The molecule has 2 amide bonds. The molecule has 1 saturated heterocycles. The number of benzene rings is 1. The van der Waals surface area contributed by atoms with Crippen LogP contribution in [-0.4, -0.2) is 76.7 Å². The Morgan fingerprint density at radius 2 is 2.03 bits per heavy atom. The zero-order valence-corrected chi connectivity index (χ0v) is 21.7. The molecule has 3 heterocycles. The molecule has 39 heavy (non-hydrogen) atoms. The quantitative estimate of drug-likeness (QED) is 0.197. The Hall–Kier alpha value is -3.64. The van der Waals surface area contributed by atoms with Gasteiger partial charge < -0.3 is 25.5 Å². The van der Waals surface area contributed by atoms with Gasteiger partial charge in [0.2, 0.25) is 0 Å². The molecule has 0 unspecified atom stereocenters. The normalized spacial score (nSPS) is 15.5. The molecule has 0 aliphatic carbocycles. The van der Waals surface area contributed by atoms with Crippen molar-refractivity contribution in [2.24, 2.45) is 11.1 Å². The summed E-state index contributed by atoms with van der Waals surface area (Å²) in [6.45, 7) is 3.99. The van der Waals surface area contributed by atoms with Crippen molar-refractivity contribution in [2.75, 3.05) is 44.7 Å². The van der Waals surface area contributed by atoms with E-state index in [-0.39, 0.29) is 6.61 Å². The lowest BCUT2D eigenvalue weighted by atomic mass is 9.94. The second-order valence-corrected chi connectivity index (χ2v) is 9.60. The van der Waals surface area contributed by atoms with Crippen LogP contribution in [0.1, 0.15) is 31.7 Å². The third kappa shape index (κ3) is 8.17. The number of halogens is 3. The molecule has 0 spiro atoms. The van der Waals surface area contributed by atoms with Gasteiger partial charge in [0.05, 0.1) is 24.2 Å². The van der Waals surface area contributed by atoms with E-state index < -0.39 is 18.8 Å². The van der Waals surface area contributed by atoms with Gasteiger partial charge >= 0.3 is 12.2 Å². The first-order valence-corrected chi connectivity index (χ1v) is 12.9. The van der Waals surface area contributed by atoms with Crippen LogP contribution in [0.2, 0.25) is 0 Å². The molecule has 1 aliphatic rings. The summed E-state index contributed by atoms with van der Waals surface area (Å²) in [7, 11) is 0. The van der Waals surface area contributed by atoms with E-state index in [1.54, 1.807) is 29.7 Å². The molecule has 0 atom stereocenters. The van der Waals surface area contributed by atoms with E-state index in [1.807, 2.05) is 35.7 Å². The molecule has 0 saturated carbocycles. The highest BCUT2D eigenvalue weighted by Crippen LogP contribution is 2.25. The van der Waals surface area contributed by atoms with Crippen molar-refractivity contribution in [1.82, 2.24) is 19.6 Å². The number of anilines is 1. The van der Waals surface area contributed by atoms with Gasteiger partial charge in [0.25, 0.3) is 0 Å². The second-order valence-electron chi connectivity index (χ2n) is 9.60. The van der Waals surface area contributed by atoms with Gasteiger partial charge in [-0.25, -0.2) is 9.78 Å². The average Bonchev–Trinajstić information content (AvgIpc) is 3.34. The van der Waals surface area contributed by atoms with Crippen LogP contribution in [0.5, 0.6) is 0 Å². The third-order valence-corrected chi connectivity index (χ3v) is 6.74. The van der Waals surface area contributed by atoms with Crippen LogP contribution < -0.4 is 10.6 Å². The number of oxime groups is 1. The number of aliphatic hydroxyl groups is 1. The van der Waals surface area contributed by atoms with Crippen molar-refractivity contribution in [3.05, 3.63) is 54.4 Å². The van der Waals surface area contributed by atoms with Crippen molar-refractivity contribution in [3.63, 3.8) is 0 Å². The van der Waals surface area contributed by atoms with Gasteiger partial charge in [-0.05, 0) is 69.5 Å².